The van der Waals surface area contributed by atoms with Gasteiger partial charge in [-0.15, -0.1) is 11.3 Å². The van der Waals surface area contributed by atoms with Crippen molar-refractivity contribution in [3.05, 3.63) is 88.2 Å². The normalized spacial score (nSPS) is 11.2. The highest BCUT2D eigenvalue weighted by molar-refractivity contribution is 7.18. The summed E-state index contributed by atoms with van der Waals surface area (Å²) >= 11 is 1.64. The van der Waals surface area contributed by atoms with Gasteiger partial charge in [-0.1, -0.05) is 43.3 Å². The van der Waals surface area contributed by atoms with Gasteiger partial charge in [0.25, 0.3) is 0 Å². The number of halogens is 1. The second kappa shape index (κ2) is 7.30. The Morgan fingerprint density at radius 2 is 1.62 bits per heavy atom. The largest absolute Gasteiger partial charge is 0.309 e. The third kappa shape index (κ3) is 3.78. The fourth-order valence-corrected chi connectivity index (χ4v) is 4.02. The van der Waals surface area contributed by atoms with E-state index in [9.17, 15) is 4.39 Å². The zero-order chi connectivity index (χ0) is 17.9. The molecule has 0 spiro atoms. The van der Waals surface area contributed by atoms with E-state index in [4.69, 9.17) is 0 Å². The van der Waals surface area contributed by atoms with Crippen LogP contribution < -0.4 is 0 Å². The molecule has 0 saturated carbocycles. The highest BCUT2D eigenvalue weighted by Gasteiger charge is 2.10. The van der Waals surface area contributed by atoms with E-state index in [2.05, 4.69) is 40.1 Å². The van der Waals surface area contributed by atoms with E-state index in [1.807, 2.05) is 36.4 Å². The van der Waals surface area contributed by atoms with Gasteiger partial charge in [0.1, 0.15) is 0 Å². The Hall–Kier alpha value is -2.66. The van der Waals surface area contributed by atoms with Gasteiger partial charge < -0.3 is 0 Å². The van der Waals surface area contributed by atoms with Crippen molar-refractivity contribution in [3.8, 4) is 0 Å². The molecular weight excluding hydrogens is 345 g/mol. The van der Waals surface area contributed by atoms with E-state index in [0.29, 0.717) is 24.2 Å². The maximum atomic E-state index is 13.9. The first-order valence-corrected chi connectivity index (χ1v) is 9.46. The molecule has 0 unspecified atom stereocenters. The first kappa shape index (κ1) is 16.8. The van der Waals surface area contributed by atoms with E-state index in [0.717, 1.165) is 22.5 Å². The minimum absolute atomic E-state index is 0.516. The van der Waals surface area contributed by atoms with Crippen LogP contribution in [0.2, 0.25) is 0 Å². The highest BCUT2D eigenvalue weighted by atomic mass is 32.1. The lowest BCUT2D eigenvalue weighted by atomic mass is 10.1. The van der Waals surface area contributed by atoms with Crippen molar-refractivity contribution in [2.24, 2.45) is 0 Å². The molecule has 0 amide bonds. The van der Waals surface area contributed by atoms with Crippen LogP contribution in [0.3, 0.4) is 0 Å². The number of rotatable bonds is 5. The van der Waals surface area contributed by atoms with Crippen LogP contribution in [0, 0.1) is 6.08 Å². The summed E-state index contributed by atoms with van der Waals surface area (Å²) in [6, 6.07) is 18.1. The lowest BCUT2D eigenvalue weighted by Gasteiger charge is -2.04. The van der Waals surface area contributed by atoms with Gasteiger partial charge in [-0.05, 0) is 35.7 Å². The van der Waals surface area contributed by atoms with E-state index in [-0.39, 0.29) is 0 Å². The lowest BCUT2D eigenvalue weighted by molar-refractivity contribution is 0.527. The average Bonchev–Trinajstić information content (AvgIpc) is 3.03. The van der Waals surface area contributed by atoms with E-state index in [1.54, 1.807) is 11.3 Å². The van der Waals surface area contributed by atoms with Crippen LogP contribution in [-0.4, -0.2) is 15.0 Å². The fourth-order valence-electron chi connectivity index (χ4n) is 2.97. The topological polar surface area (TPSA) is 38.7 Å². The van der Waals surface area contributed by atoms with Crippen LogP contribution in [0.5, 0.6) is 0 Å². The highest BCUT2D eigenvalue weighted by Crippen LogP contribution is 2.25. The summed E-state index contributed by atoms with van der Waals surface area (Å²) in [6.07, 6.45) is 1.43. The van der Waals surface area contributed by atoms with Gasteiger partial charge in [-0.3, -0.25) is 0 Å². The zero-order valence-corrected chi connectivity index (χ0v) is 15.3. The molecular formula is C21H18FN3S. The van der Waals surface area contributed by atoms with Crippen molar-refractivity contribution < 1.29 is 4.39 Å². The number of benzene rings is 2. The first-order valence-electron chi connectivity index (χ1n) is 8.64. The standard InChI is InChI=1S/C21H18FN3S/c1-2-14-8-9-18-19(11-14)26-20(25-18)13-17-12-16(23-21(22)24-17)10-15-6-4-3-5-7-15/h3-9,11-12H,2,10,13H2,1H3. The van der Waals surface area contributed by atoms with Crippen molar-refractivity contribution in [2.75, 3.05) is 0 Å². The molecule has 0 aliphatic heterocycles. The summed E-state index contributed by atoms with van der Waals surface area (Å²) in [5, 5.41) is 0.942. The van der Waals surface area contributed by atoms with Gasteiger partial charge in [-0.25, -0.2) is 15.0 Å². The third-order valence-corrected chi connectivity index (χ3v) is 5.29. The van der Waals surface area contributed by atoms with Gasteiger partial charge >= 0.3 is 6.08 Å². The van der Waals surface area contributed by atoms with E-state index in [1.165, 1.54) is 10.3 Å². The molecule has 2 aromatic carbocycles. The molecule has 0 aliphatic carbocycles. The van der Waals surface area contributed by atoms with Gasteiger partial charge in [0.2, 0.25) is 0 Å². The Kier molecular flexibility index (Phi) is 4.71. The number of fused-ring (bicyclic) bond motifs is 1. The summed E-state index contributed by atoms with van der Waals surface area (Å²) < 4.78 is 15.1. The van der Waals surface area contributed by atoms with Crippen LogP contribution >= 0.6 is 11.3 Å². The monoisotopic (exact) mass is 363 g/mol. The van der Waals surface area contributed by atoms with Crippen LogP contribution in [0.4, 0.5) is 4.39 Å². The molecule has 0 atom stereocenters. The predicted molar refractivity (Wildman–Crippen MR) is 103 cm³/mol. The molecule has 4 aromatic rings. The molecule has 0 saturated heterocycles. The number of hydrogen-bond acceptors (Lipinski definition) is 4. The molecule has 0 bridgehead atoms. The molecule has 0 N–H and O–H groups in total. The Labute approximate surface area is 155 Å². The van der Waals surface area contributed by atoms with Crippen LogP contribution in [0.15, 0.2) is 54.6 Å². The molecule has 2 heterocycles. The maximum Gasteiger partial charge on any atom is 0.309 e. The minimum Gasteiger partial charge on any atom is -0.241 e. The molecule has 130 valence electrons. The van der Waals surface area contributed by atoms with Crippen LogP contribution in [0.1, 0.15) is 34.4 Å². The number of hydrogen-bond donors (Lipinski definition) is 0. The molecule has 0 radical (unpaired) electrons. The molecule has 26 heavy (non-hydrogen) atoms. The second-order valence-electron chi connectivity index (χ2n) is 6.22. The van der Waals surface area contributed by atoms with Gasteiger partial charge in [0, 0.05) is 12.8 Å². The summed E-state index contributed by atoms with van der Waals surface area (Å²) in [5.74, 6) is 0. The Morgan fingerprint density at radius 3 is 2.38 bits per heavy atom. The number of aryl methyl sites for hydroxylation is 1. The molecule has 4 rings (SSSR count). The minimum atomic E-state index is -0.678. The number of aromatic nitrogens is 3. The van der Waals surface area contributed by atoms with Crippen molar-refractivity contribution in [3.63, 3.8) is 0 Å². The summed E-state index contributed by atoms with van der Waals surface area (Å²) in [7, 11) is 0. The van der Waals surface area contributed by atoms with Crippen LogP contribution in [-0.2, 0) is 19.3 Å². The quantitative estimate of drug-likeness (QED) is 0.470. The molecule has 5 heteroatoms. The SMILES string of the molecule is CCc1ccc2nc(Cc3cc(Cc4ccccc4)nc(F)n3)sc2c1. The Balaban J connectivity index is 1.59. The van der Waals surface area contributed by atoms with Gasteiger partial charge in [0.15, 0.2) is 0 Å². The maximum absolute atomic E-state index is 13.9. The zero-order valence-electron chi connectivity index (χ0n) is 14.4. The molecule has 0 fully saturated rings. The Morgan fingerprint density at radius 1 is 0.846 bits per heavy atom. The smallest absolute Gasteiger partial charge is 0.241 e. The fraction of sp³-hybridized carbons (Fsp3) is 0.190. The summed E-state index contributed by atoms with van der Waals surface area (Å²) in [6.45, 7) is 2.14. The van der Waals surface area contributed by atoms with Crippen molar-refractivity contribution in [1.29, 1.82) is 0 Å². The van der Waals surface area contributed by atoms with Gasteiger partial charge in [-0.2, -0.15) is 4.39 Å². The molecule has 3 nitrogen and oxygen atoms in total. The van der Waals surface area contributed by atoms with Crippen molar-refractivity contribution in [2.45, 2.75) is 26.2 Å². The van der Waals surface area contributed by atoms with E-state index < -0.39 is 6.08 Å². The number of nitrogens with zero attached hydrogens (tertiary/aromatic N) is 3. The second-order valence-corrected chi connectivity index (χ2v) is 7.34. The van der Waals surface area contributed by atoms with Crippen LogP contribution in [0.25, 0.3) is 10.2 Å². The lowest BCUT2D eigenvalue weighted by Crippen LogP contribution is -2.02. The summed E-state index contributed by atoms with van der Waals surface area (Å²) in [4.78, 5) is 12.6. The van der Waals surface area contributed by atoms with Crippen molar-refractivity contribution in [1.82, 2.24) is 15.0 Å². The molecule has 2 aromatic heterocycles. The number of thiazole rings is 1. The third-order valence-electron chi connectivity index (χ3n) is 4.27. The predicted octanol–water partition coefficient (Wildman–Crippen LogP) is 4.97. The van der Waals surface area contributed by atoms with E-state index >= 15 is 0 Å². The molecule has 0 aliphatic rings. The summed E-state index contributed by atoms with van der Waals surface area (Å²) in [5.41, 5.74) is 4.74. The van der Waals surface area contributed by atoms with Crippen molar-refractivity contribution >= 4 is 21.6 Å². The average molecular weight is 363 g/mol. The first-order chi connectivity index (χ1) is 12.7. The Bertz CT molecular complexity index is 1040. The van der Waals surface area contributed by atoms with Gasteiger partial charge in [0.05, 0.1) is 26.6 Å².